The molecule has 4 unspecified atom stereocenters. The predicted octanol–water partition coefficient (Wildman–Crippen LogP) is 1.70. The zero-order chi connectivity index (χ0) is 19.9. The third-order valence-corrected chi connectivity index (χ3v) is 6.23. The fourth-order valence-corrected chi connectivity index (χ4v) is 4.89. The maximum atomic E-state index is 12.1. The number of ether oxygens (including phenoxy) is 1. The molecule has 1 aliphatic carbocycles. The minimum absolute atomic E-state index is 0.00457. The van der Waals surface area contributed by atoms with Crippen LogP contribution in [0.3, 0.4) is 0 Å². The minimum Gasteiger partial charge on any atom is -0.369 e. The molecule has 0 amide bonds. The van der Waals surface area contributed by atoms with Gasteiger partial charge in [-0.1, -0.05) is 19.8 Å². The van der Waals surface area contributed by atoms with Crippen molar-refractivity contribution in [3.8, 4) is 0 Å². The third kappa shape index (κ3) is 3.99. The molecule has 4 N–H and O–H groups in total. The molecule has 2 aromatic heterocycles. The first-order valence-electron chi connectivity index (χ1n) is 9.36. The molecule has 0 bridgehead atoms. The summed E-state index contributed by atoms with van der Waals surface area (Å²) in [7, 11) is -4.12. The minimum atomic E-state index is -4.12. The average Bonchev–Trinajstić information content (AvgIpc) is 3.33. The summed E-state index contributed by atoms with van der Waals surface area (Å²) < 4.78 is 30.2. The summed E-state index contributed by atoms with van der Waals surface area (Å²) >= 11 is 0. The van der Waals surface area contributed by atoms with Gasteiger partial charge in [0, 0.05) is 5.92 Å². The van der Waals surface area contributed by atoms with Gasteiger partial charge < -0.3 is 15.4 Å². The molecule has 4 atom stereocenters. The lowest BCUT2D eigenvalue weighted by molar-refractivity contribution is -0.0320. The van der Waals surface area contributed by atoms with Gasteiger partial charge in [0.15, 0.2) is 11.2 Å². The van der Waals surface area contributed by atoms with Crippen molar-refractivity contribution >= 4 is 24.9 Å². The Kier molecular flexibility index (Phi) is 5.28. The molecule has 2 aliphatic rings. The SMILES string of the molecule is CC1CC(COP(=O)(O)OC2CCCC2)OC1n1cnc2c(=O)[nH]c(N)nc21. The van der Waals surface area contributed by atoms with E-state index in [0.29, 0.717) is 12.1 Å². The van der Waals surface area contributed by atoms with Crippen LogP contribution < -0.4 is 11.3 Å². The smallest absolute Gasteiger partial charge is 0.369 e. The standard InChI is InChI=1S/C16H24N5O6P/c1-9-6-11(7-25-28(23,24)27-10-4-2-3-5-10)26-15(9)21-8-18-12-13(21)19-16(17)20-14(12)22/h8-11,15H,2-7H2,1H3,(H,23,24)(H3,17,19,20,22). The largest absolute Gasteiger partial charge is 0.472 e. The van der Waals surface area contributed by atoms with Crippen LogP contribution in [-0.2, 0) is 18.3 Å². The molecule has 1 saturated heterocycles. The zero-order valence-corrected chi connectivity index (χ0v) is 16.4. The van der Waals surface area contributed by atoms with Crippen LogP contribution in [0.5, 0.6) is 0 Å². The molecule has 12 heteroatoms. The number of hydrogen-bond donors (Lipinski definition) is 3. The monoisotopic (exact) mass is 413 g/mol. The van der Waals surface area contributed by atoms with Crippen molar-refractivity contribution in [3.05, 3.63) is 16.7 Å². The lowest BCUT2D eigenvalue weighted by Crippen LogP contribution is -2.18. The highest BCUT2D eigenvalue weighted by Gasteiger charge is 2.37. The first-order valence-corrected chi connectivity index (χ1v) is 10.9. The maximum Gasteiger partial charge on any atom is 0.472 e. The molecule has 28 heavy (non-hydrogen) atoms. The first-order chi connectivity index (χ1) is 13.3. The number of fused-ring (bicyclic) bond motifs is 1. The quantitative estimate of drug-likeness (QED) is 0.600. The number of phosphoric acid groups is 1. The van der Waals surface area contributed by atoms with Crippen LogP contribution >= 0.6 is 7.82 Å². The highest BCUT2D eigenvalue weighted by atomic mass is 31.2. The molecule has 0 aromatic carbocycles. The van der Waals surface area contributed by atoms with Gasteiger partial charge in [0.25, 0.3) is 5.56 Å². The van der Waals surface area contributed by atoms with Crippen LogP contribution in [0, 0.1) is 5.92 Å². The number of nitrogens with two attached hydrogens (primary N) is 1. The van der Waals surface area contributed by atoms with Gasteiger partial charge in [-0.25, -0.2) is 9.55 Å². The number of H-pyrrole nitrogens is 1. The zero-order valence-electron chi connectivity index (χ0n) is 15.5. The second-order valence-corrected chi connectivity index (χ2v) is 8.82. The Labute approximate surface area is 160 Å². The number of nitrogen functional groups attached to an aromatic ring is 1. The van der Waals surface area contributed by atoms with Gasteiger partial charge in [0.1, 0.15) is 6.23 Å². The number of imidazole rings is 1. The molecule has 0 spiro atoms. The summed E-state index contributed by atoms with van der Waals surface area (Å²) in [6, 6.07) is 0. The van der Waals surface area contributed by atoms with E-state index in [1.807, 2.05) is 6.92 Å². The number of anilines is 1. The van der Waals surface area contributed by atoms with Crippen LogP contribution in [0.4, 0.5) is 5.95 Å². The fraction of sp³-hybridized carbons (Fsp3) is 0.688. The van der Waals surface area contributed by atoms with Crippen molar-refractivity contribution in [2.75, 3.05) is 12.3 Å². The summed E-state index contributed by atoms with van der Waals surface area (Å²) in [6.45, 7) is 1.91. The molecular weight excluding hydrogens is 389 g/mol. The van der Waals surface area contributed by atoms with E-state index in [2.05, 4.69) is 15.0 Å². The van der Waals surface area contributed by atoms with Crippen LogP contribution in [0.25, 0.3) is 11.2 Å². The number of aromatic nitrogens is 4. The van der Waals surface area contributed by atoms with Gasteiger partial charge in [-0.3, -0.25) is 23.4 Å². The van der Waals surface area contributed by atoms with Crippen LogP contribution in [0.1, 0.15) is 45.3 Å². The topological polar surface area (TPSA) is 155 Å². The number of nitrogens with zero attached hydrogens (tertiary/aromatic N) is 3. The molecule has 4 rings (SSSR count). The number of hydrogen-bond acceptors (Lipinski definition) is 8. The second-order valence-electron chi connectivity index (χ2n) is 7.41. The fourth-order valence-electron chi connectivity index (χ4n) is 3.88. The van der Waals surface area contributed by atoms with Crippen molar-refractivity contribution in [2.45, 2.75) is 57.5 Å². The molecule has 154 valence electrons. The highest BCUT2D eigenvalue weighted by molar-refractivity contribution is 7.47. The Morgan fingerprint density at radius 3 is 2.96 bits per heavy atom. The molecule has 3 heterocycles. The van der Waals surface area contributed by atoms with Gasteiger partial charge in [0.05, 0.1) is 25.1 Å². The number of aromatic amines is 1. The van der Waals surface area contributed by atoms with Crippen LogP contribution in [0.15, 0.2) is 11.1 Å². The Balaban J connectivity index is 1.42. The Morgan fingerprint density at radius 2 is 2.21 bits per heavy atom. The van der Waals surface area contributed by atoms with Gasteiger partial charge in [0.2, 0.25) is 5.95 Å². The Hall–Kier alpha value is -1.78. The number of rotatable bonds is 6. The molecule has 2 fully saturated rings. The van der Waals surface area contributed by atoms with Gasteiger partial charge >= 0.3 is 7.82 Å². The summed E-state index contributed by atoms with van der Waals surface area (Å²) in [5.74, 6) is 0.0391. The van der Waals surface area contributed by atoms with Crippen molar-refractivity contribution in [1.82, 2.24) is 19.5 Å². The number of nitrogens with one attached hydrogen (secondary N) is 1. The lowest BCUT2D eigenvalue weighted by atomic mass is 10.1. The Bertz CT molecular complexity index is 955. The normalized spacial score (nSPS) is 28.1. The van der Waals surface area contributed by atoms with E-state index in [1.54, 1.807) is 4.57 Å². The van der Waals surface area contributed by atoms with Gasteiger partial charge in [-0.15, -0.1) is 0 Å². The molecule has 0 radical (unpaired) electrons. The number of phosphoric ester groups is 1. The van der Waals surface area contributed by atoms with Crippen molar-refractivity contribution in [1.29, 1.82) is 0 Å². The van der Waals surface area contributed by atoms with Crippen molar-refractivity contribution < 1.29 is 23.2 Å². The van der Waals surface area contributed by atoms with E-state index in [-0.39, 0.29) is 30.1 Å². The maximum absolute atomic E-state index is 12.1. The van der Waals surface area contributed by atoms with E-state index in [4.69, 9.17) is 19.5 Å². The molecule has 2 aromatic rings. The Morgan fingerprint density at radius 1 is 1.46 bits per heavy atom. The summed E-state index contributed by atoms with van der Waals surface area (Å²) in [4.78, 5) is 32.5. The lowest BCUT2D eigenvalue weighted by Gasteiger charge is -2.19. The third-order valence-electron chi connectivity index (χ3n) is 5.19. The van der Waals surface area contributed by atoms with E-state index < -0.39 is 25.7 Å². The van der Waals surface area contributed by atoms with E-state index in [1.165, 1.54) is 6.33 Å². The van der Waals surface area contributed by atoms with Crippen molar-refractivity contribution in [3.63, 3.8) is 0 Å². The van der Waals surface area contributed by atoms with E-state index in [9.17, 15) is 14.3 Å². The summed E-state index contributed by atoms with van der Waals surface area (Å²) in [5, 5.41) is 0. The summed E-state index contributed by atoms with van der Waals surface area (Å²) in [5.41, 5.74) is 5.72. The van der Waals surface area contributed by atoms with E-state index >= 15 is 0 Å². The molecule has 11 nitrogen and oxygen atoms in total. The molecule has 1 saturated carbocycles. The van der Waals surface area contributed by atoms with Gasteiger partial charge in [-0.2, -0.15) is 4.98 Å². The molecule has 1 aliphatic heterocycles. The molecular formula is C16H24N5O6P. The van der Waals surface area contributed by atoms with Crippen LogP contribution in [-0.4, -0.2) is 43.2 Å². The predicted molar refractivity (Wildman–Crippen MR) is 99.4 cm³/mol. The summed E-state index contributed by atoms with van der Waals surface area (Å²) in [6.07, 6.45) is 4.56. The van der Waals surface area contributed by atoms with Crippen molar-refractivity contribution in [2.24, 2.45) is 5.92 Å². The first kappa shape index (κ1) is 19.5. The highest BCUT2D eigenvalue weighted by Crippen LogP contribution is 2.48. The van der Waals surface area contributed by atoms with E-state index in [0.717, 1.165) is 25.7 Å². The van der Waals surface area contributed by atoms with Crippen LogP contribution in [0.2, 0.25) is 0 Å². The second kappa shape index (κ2) is 7.57. The average molecular weight is 413 g/mol. The van der Waals surface area contributed by atoms with Gasteiger partial charge in [-0.05, 0) is 19.3 Å².